The van der Waals surface area contributed by atoms with E-state index in [9.17, 15) is 4.79 Å². The lowest BCUT2D eigenvalue weighted by Crippen LogP contribution is -2.38. The summed E-state index contributed by atoms with van der Waals surface area (Å²) in [5.74, 6) is 1.31. The fraction of sp³-hybridized carbons (Fsp3) is 0.261. The van der Waals surface area contributed by atoms with Gasteiger partial charge in [0.15, 0.2) is 0 Å². The van der Waals surface area contributed by atoms with E-state index in [1.54, 1.807) is 12.4 Å². The van der Waals surface area contributed by atoms with Gasteiger partial charge in [0, 0.05) is 32.4 Å². The zero-order chi connectivity index (χ0) is 20.5. The van der Waals surface area contributed by atoms with Crippen LogP contribution in [0.4, 0.5) is 5.69 Å². The summed E-state index contributed by atoms with van der Waals surface area (Å²) in [6.45, 7) is 9.93. The summed E-state index contributed by atoms with van der Waals surface area (Å²) < 4.78 is 8.15. The highest BCUT2D eigenvalue weighted by Crippen LogP contribution is 2.34. The van der Waals surface area contributed by atoms with E-state index in [4.69, 9.17) is 11.3 Å². The summed E-state index contributed by atoms with van der Waals surface area (Å²) in [6.07, 6.45) is 4.40. The van der Waals surface area contributed by atoms with Crippen LogP contribution >= 0.6 is 0 Å². The van der Waals surface area contributed by atoms with Gasteiger partial charge in [-0.25, -0.2) is 9.83 Å². The van der Waals surface area contributed by atoms with Gasteiger partial charge < -0.3 is 19.5 Å². The molecule has 0 saturated carbocycles. The molecule has 0 aliphatic carbocycles. The Morgan fingerprint density at radius 1 is 1.17 bits per heavy atom. The van der Waals surface area contributed by atoms with E-state index in [0.29, 0.717) is 36.8 Å². The Labute approximate surface area is 174 Å². The molecule has 1 atom stereocenters. The molecule has 30 heavy (non-hydrogen) atoms. The lowest BCUT2D eigenvalue weighted by molar-refractivity contribution is -0.129. The number of carbonyl (C=O) groups is 1. The SMILES string of the molecule is [C-]#[N+]c1ccc2cc1Oc1cccc(c1)CN1CC[C@@H](NCc3cncn3C2)C1=O. The molecule has 3 heterocycles. The minimum absolute atomic E-state index is 0.125. The third kappa shape index (κ3) is 3.53. The van der Waals surface area contributed by atoms with Gasteiger partial charge in [-0.05, 0) is 35.7 Å². The quantitative estimate of drug-likeness (QED) is 0.588. The predicted octanol–water partition coefficient (Wildman–Crippen LogP) is 3.48. The fourth-order valence-corrected chi connectivity index (χ4v) is 4.03. The van der Waals surface area contributed by atoms with E-state index in [1.165, 1.54) is 0 Å². The highest BCUT2D eigenvalue weighted by molar-refractivity contribution is 5.84. The van der Waals surface area contributed by atoms with Crippen molar-refractivity contribution in [1.29, 1.82) is 0 Å². The number of aromatic nitrogens is 2. The lowest BCUT2D eigenvalue weighted by atomic mass is 10.1. The van der Waals surface area contributed by atoms with E-state index in [-0.39, 0.29) is 11.9 Å². The van der Waals surface area contributed by atoms with Gasteiger partial charge in [0.2, 0.25) is 11.6 Å². The topological polar surface area (TPSA) is 63.8 Å². The summed E-state index contributed by atoms with van der Waals surface area (Å²) >= 11 is 0. The summed E-state index contributed by atoms with van der Waals surface area (Å²) in [5.41, 5.74) is 3.50. The average molecular weight is 399 g/mol. The number of fused-ring (bicyclic) bond motifs is 7. The largest absolute Gasteiger partial charge is 0.468 e. The van der Waals surface area contributed by atoms with Gasteiger partial charge in [0.05, 0.1) is 24.6 Å². The monoisotopic (exact) mass is 399 g/mol. The zero-order valence-electron chi connectivity index (χ0n) is 16.4. The van der Waals surface area contributed by atoms with E-state index >= 15 is 0 Å². The lowest BCUT2D eigenvalue weighted by Gasteiger charge is -2.19. The normalized spacial score (nSPS) is 18.4. The average Bonchev–Trinajstić information content (AvgIpc) is 3.33. The molecule has 150 valence electrons. The van der Waals surface area contributed by atoms with Crippen LogP contribution in [0.15, 0.2) is 55.0 Å². The van der Waals surface area contributed by atoms with Crippen molar-refractivity contribution in [3.8, 4) is 11.5 Å². The number of nitrogens with zero attached hydrogens (tertiary/aromatic N) is 4. The Hall–Kier alpha value is -3.63. The maximum Gasteiger partial charge on any atom is 0.240 e. The van der Waals surface area contributed by atoms with Gasteiger partial charge in [0.1, 0.15) is 11.5 Å². The number of benzene rings is 2. The molecule has 0 radical (unpaired) electrons. The van der Waals surface area contributed by atoms with Gasteiger partial charge in [-0.3, -0.25) is 4.79 Å². The van der Waals surface area contributed by atoms with Crippen LogP contribution in [-0.4, -0.2) is 32.9 Å². The Bertz CT molecular complexity index is 1150. The molecule has 1 saturated heterocycles. The van der Waals surface area contributed by atoms with Crippen LogP contribution in [0.2, 0.25) is 0 Å². The third-order valence-corrected chi connectivity index (χ3v) is 5.62. The molecule has 1 aromatic heterocycles. The molecule has 6 bridgehead atoms. The first kappa shape index (κ1) is 18.4. The second-order valence-electron chi connectivity index (χ2n) is 7.66. The Balaban J connectivity index is 1.56. The van der Waals surface area contributed by atoms with Crippen molar-refractivity contribution in [1.82, 2.24) is 19.8 Å². The van der Waals surface area contributed by atoms with Crippen LogP contribution in [0.1, 0.15) is 23.2 Å². The predicted molar refractivity (Wildman–Crippen MR) is 111 cm³/mol. The molecule has 1 N–H and O–H groups in total. The van der Waals surface area contributed by atoms with E-state index in [0.717, 1.165) is 29.8 Å². The van der Waals surface area contributed by atoms with Crippen molar-refractivity contribution in [3.05, 3.63) is 83.2 Å². The number of imidazole rings is 1. The first-order chi connectivity index (χ1) is 14.7. The molecule has 7 heteroatoms. The first-order valence-electron chi connectivity index (χ1n) is 9.98. The minimum Gasteiger partial charge on any atom is -0.468 e. The van der Waals surface area contributed by atoms with Crippen LogP contribution in [0.5, 0.6) is 11.5 Å². The van der Waals surface area contributed by atoms with E-state index < -0.39 is 0 Å². The van der Waals surface area contributed by atoms with Gasteiger partial charge in [-0.15, -0.1) is 0 Å². The fourth-order valence-electron chi connectivity index (χ4n) is 4.03. The van der Waals surface area contributed by atoms with Crippen LogP contribution in [-0.2, 0) is 24.4 Å². The van der Waals surface area contributed by atoms with Crippen molar-refractivity contribution in [2.24, 2.45) is 0 Å². The maximum atomic E-state index is 12.8. The molecule has 1 amide bonds. The molecule has 2 aliphatic heterocycles. The second kappa shape index (κ2) is 7.65. The van der Waals surface area contributed by atoms with Gasteiger partial charge in [-0.2, -0.15) is 0 Å². The summed E-state index contributed by atoms with van der Waals surface area (Å²) in [4.78, 5) is 22.6. The van der Waals surface area contributed by atoms with Crippen LogP contribution < -0.4 is 10.1 Å². The van der Waals surface area contributed by atoms with Crippen LogP contribution in [0.3, 0.4) is 0 Å². The first-order valence-corrected chi connectivity index (χ1v) is 9.98. The molecule has 5 rings (SSSR count). The van der Waals surface area contributed by atoms with Crippen molar-refractivity contribution < 1.29 is 9.53 Å². The number of amides is 1. The molecule has 2 aromatic carbocycles. The van der Waals surface area contributed by atoms with Crippen molar-refractivity contribution in [3.63, 3.8) is 0 Å². The number of hydrogen-bond donors (Lipinski definition) is 1. The number of rotatable bonds is 0. The number of carbonyl (C=O) groups excluding carboxylic acids is 1. The van der Waals surface area contributed by atoms with Gasteiger partial charge >= 0.3 is 0 Å². The molecule has 3 aromatic rings. The number of hydrogen-bond acceptors (Lipinski definition) is 4. The van der Waals surface area contributed by atoms with E-state index in [1.807, 2.05) is 52.1 Å². The standard InChI is InChI=1S/C23H21N5O2/c1-24-20-6-5-17-10-22(20)30-19-4-2-3-16(9-19)13-27-8-7-21(23(27)29)26-12-18-11-25-15-28(18)14-17/h2-6,9-11,15,21,26H,7-8,12-14H2/t21-/m1/s1. The van der Waals surface area contributed by atoms with Crippen molar-refractivity contribution in [2.45, 2.75) is 32.1 Å². The highest BCUT2D eigenvalue weighted by atomic mass is 16.5. The van der Waals surface area contributed by atoms with Gasteiger partial charge in [-0.1, -0.05) is 24.3 Å². The van der Waals surface area contributed by atoms with Crippen LogP contribution in [0, 0.1) is 6.57 Å². The minimum atomic E-state index is -0.176. The maximum absolute atomic E-state index is 12.8. The molecule has 7 nitrogen and oxygen atoms in total. The molecular formula is C23H21N5O2. The highest BCUT2D eigenvalue weighted by Gasteiger charge is 2.31. The summed E-state index contributed by atoms with van der Waals surface area (Å²) in [5, 5.41) is 3.40. The molecule has 0 unspecified atom stereocenters. The van der Waals surface area contributed by atoms with Crippen molar-refractivity contribution >= 4 is 11.6 Å². The van der Waals surface area contributed by atoms with Crippen LogP contribution in [0.25, 0.3) is 4.85 Å². The smallest absolute Gasteiger partial charge is 0.240 e. The Morgan fingerprint density at radius 2 is 2.07 bits per heavy atom. The second-order valence-corrected chi connectivity index (χ2v) is 7.66. The van der Waals surface area contributed by atoms with Crippen molar-refractivity contribution in [2.75, 3.05) is 6.54 Å². The molecular weight excluding hydrogens is 378 g/mol. The Morgan fingerprint density at radius 3 is 2.97 bits per heavy atom. The van der Waals surface area contributed by atoms with E-state index in [2.05, 4.69) is 15.1 Å². The molecule has 0 spiro atoms. The van der Waals surface area contributed by atoms with Gasteiger partial charge in [0.25, 0.3) is 0 Å². The molecule has 1 fully saturated rings. The summed E-state index contributed by atoms with van der Waals surface area (Å²) in [6, 6.07) is 13.2. The Kier molecular flexibility index (Phi) is 4.69. The third-order valence-electron chi connectivity index (χ3n) is 5.62. The zero-order valence-corrected chi connectivity index (χ0v) is 16.4. The summed E-state index contributed by atoms with van der Waals surface area (Å²) in [7, 11) is 0. The molecule has 2 aliphatic rings. The number of ether oxygens (including phenoxy) is 1. The number of nitrogens with one attached hydrogen (secondary N) is 1.